The van der Waals surface area contributed by atoms with Crippen LogP contribution in [0.25, 0.3) is 0 Å². The van der Waals surface area contributed by atoms with Crippen LogP contribution in [0.15, 0.2) is 16.3 Å². The molecule has 1 aliphatic heterocycles. The molecule has 0 amide bonds. The van der Waals surface area contributed by atoms with Crippen LogP contribution in [0.4, 0.5) is 0 Å². The van der Waals surface area contributed by atoms with Crippen molar-refractivity contribution in [2.45, 2.75) is 24.3 Å². The van der Waals surface area contributed by atoms with Gasteiger partial charge in [0.2, 0.25) is 10.0 Å². The van der Waals surface area contributed by atoms with E-state index in [4.69, 9.17) is 0 Å². The van der Waals surface area contributed by atoms with Crippen molar-refractivity contribution >= 4 is 39.7 Å². The molecule has 2 rings (SSSR count). The Hall–Kier alpha value is -0.670. The number of carbonyl (C=O) groups is 1. The molecule has 1 fully saturated rings. The monoisotopic (exact) mass is 354 g/mol. The van der Waals surface area contributed by atoms with E-state index < -0.39 is 16.0 Å². The fourth-order valence-electron chi connectivity index (χ4n) is 2.08. The van der Waals surface area contributed by atoms with Gasteiger partial charge in [0.05, 0.1) is 12.0 Å². The second-order valence-electron chi connectivity index (χ2n) is 4.84. The van der Waals surface area contributed by atoms with E-state index in [1.54, 1.807) is 0 Å². The molecule has 0 radical (unpaired) electrons. The summed E-state index contributed by atoms with van der Waals surface area (Å²) < 4.78 is 31.8. The zero-order valence-corrected chi connectivity index (χ0v) is 14.2. The maximum Gasteiger partial charge on any atom is 0.348 e. The number of thiophene rings is 1. The molecule has 1 aliphatic rings. The predicted molar refractivity (Wildman–Crippen MR) is 83.7 cm³/mol. The zero-order chi connectivity index (χ0) is 14.8. The molecular weight excluding hydrogens is 336 g/mol. The molecule has 0 spiro atoms. The Morgan fingerprint density at radius 2 is 2.24 bits per heavy atom. The summed E-state index contributed by atoms with van der Waals surface area (Å²) in [5.74, 6) is -0.242. The molecule has 1 aromatic rings. The molecule has 21 heavy (non-hydrogen) atoms. The first-order valence-corrected chi connectivity index (χ1v) is 8.70. The van der Waals surface area contributed by atoms with Gasteiger partial charge in [0.25, 0.3) is 0 Å². The number of piperidine rings is 1. The van der Waals surface area contributed by atoms with Crippen molar-refractivity contribution in [3.8, 4) is 0 Å². The van der Waals surface area contributed by atoms with E-state index in [0.29, 0.717) is 6.54 Å². The minimum Gasteiger partial charge on any atom is -0.465 e. The first kappa shape index (κ1) is 18.4. The lowest BCUT2D eigenvalue weighted by molar-refractivity contribution is 0.0606. The smallest absolute Gasteiger partial charge is 0.348 e. The topological polar surface area (TPSA) is 84.5 Å². The Bertz CT molecular complexity index is 588. The molecule has 1 saturated heterocycles. The van der Waals surface area contributed by atoms with Gasteiger partial charge >= 0.3 is 5.97 Å². The Labute approximate surface area is 134 Å². The van der Waals surface area contributed by atoms with E-state index >= 15 is 0 Å². The lowest BCUT2D eigenvalue weighted by Gasteiger charge is -2.29. The highest BCUT2D eigenvalue weighted by molar-refractivity contribution is 7.89. The molecule has 9 heteroatoms. The number of methoxy groups -OCH3 is 1. The second-order valence-corrected chi connectivity index (χ2v) is 7.46. The first-order chi connectivity index (χ1) is 9.44. The van der Waals surface area contributed by atoms with Crippen LogP contribution in [0, 0.1) is 5.92 Å². The van der Waals surface area contributed by atoms with E-state index in [-0.39, 0.29) is 34.1 Å². The van der Waals surface area contributed by atoms with Crippen LogP contribution >= 0.6 is 23.7 Å². The number of hydrogen-bond acceptors (Lipinski definition) is 6. The number of sulfonamides is 1. The number of esters is 1. The van der Waals surface area contributed by atoms with Crippen LogP contribution in [0.3, 0.4) is 0 Å². The maximum absolute atomic E-state index is 12.3. The van der Waals surface area contributed by atoms with Gasteiger partial charge in [0, 0.05) is 18.0 Å². The molecule has 0 aliphatic carbocycles. The highest BCUT2D eigenvalue weighted by Gasteiger charge is 2.27. The van der Waals surface area contributed by atoms with Gasteiger partial charge in [0.1, 0.15) is 4.88 Å². The summed E-state index contributed by atoms with van der Waals surface area (Å²) in [5, 5.41) is 4.63. The van der Waals surface area contributed by atoms with Crippen molar-refractivity contribution in [1.29, 1.82) is 0 Å². The Morgan fingerprint density at radius 1 is 1.52 bits per heavy atom. The largest absolute Gasteiger partial charge is 0.465 e. The number of nitrogens with one attached hydrogen (secondary N) is 2. The molecule has 0 saturated carbocycles. The van der Waals surface area contributed by atoms with E-state index in [1.807, 2.05) is 6.92 Å². The molecule has 2 N–H and O–H groups in total. The molecule has 2 heterocycles. The van der Waals surface area contributed by atoms with E-state index in [9.17, 15) is 13.2 Å². The molecular formula is C12H19ClN2O4S2. The average molecular weight is 355 g/mol. The predicted octanol–water partition coefficient (Wildman–Crippen LogP) is 1.23. The number of rotatable bonds is 4. The fourth-order valence-corrected chi connectivity index (χ4v) is 4.62. The zero-order valence-electron chi connectivity index (χ0n) is 11.8. The SMILES string of the molecule is COC(=O)c1cc(S(=O)(=O)NC2CNCCC2C)cs1.Cl. The van der Waals surface area contributed by atoms with Crippen LogP contribution < -0.4 is 10.0 Å². The van der Waals surface area contributed by atoms with Crippen molar-refractivity contribution in [1.82, 2.24) is 10.0 Å². The van der Waals surface area contributed by atoms with Gasteiger partial charge in [-0.25, -0.2) is 17.9 Å². The minimum absolute atomic E-state index is 0. The summed E-state index contributed by atoms with van der Waals surface area (Å²) in [6.07, 6.45) is 0.935. The number of halogens is 1. The number of carbonyl (C=O) groups excluding carboxylic acids is 1. The summed E-state index contributed by atoms with van der Waals surface area (Å²) in [4.78, 5) is 11.8. The lowest BCUT2D eigenvalue weighted by Crippen LogP contribution is -2.50. The molecule has 2 atom stereocenters. The quantitative estimate of drug-likeness (QED) is 0.794. The summed E-state index contributed by atoms with van der Waals surface area (Å²) in [6.45, 7) is 3.56. The fraction of sp³-hybridized carbons (Fsp3) is 0.583. The van der Waals surface area contributed by atoms with Crippen LogP contribution in [0.1, 0.15) is 23.0 Å². The number of ether oxygens (including phenoxy) is 1. The lowest BCUT2D eigenvalue weighted by atomic mass is 9.96. The van der Waals surface area contributed by atoms with E-state index in [1.165, 1.54) is 18.6 Å². The highest BCUT2D eigenvalue weighted by Crippen LogP contribution is 2.21. The highest BCUT2D eigenvalue weighted by atomic mass is 35.5. The summed E-state index contributed by atoms with van der Waals surface area (Å²) in [5.41, 5.74) is 0. The van der Waals surface area contributed by atoms with Gasteiger partial charge in [-0.1, -0.05) is 6.92 Å². The molecule has 0 aromatic carbocycles. The van der Waals surface area contributed by atoms with Gasteiger partial charge in [-0.15, -0.1) is 23.7 Å². The Balaban J connectivity index is 0.00000220. The van der Waals surface area contributed by atoms with Crippen molar-refractivity contribution in [2.24, 2.45) is 5.92 Å². The summed E-state index contributed by atoms with van der Waals surface area (Å²) in [6, 6.07) is 1.22. The molecule has 1 aromatic heterocycles. The minimum atomic E-state index is -3.60. The van der Waals surface area contributed by atoms with Crippen molar-refractivity contribution < 1.29 is 17.9 Å². The van der Waals surface area contributed by atoms with Gasteiger partial charge in [-0.2, -0.15) is 0 Å². The Morgan fingerprint density at radius 3 is 2.86 bits per heavy atom. The van der Waals surface area contributed by atoms with Gasteiger partial charge in [-0.3, -0.25) is 0 Å². The van der Waals surface area contributed by atoms with E-state index in [2.05, 4.69) is 14.8 Å². The Kier molecular flexibility index (Phi) is 6.61. The summed E-state index contributed by atoms with van der Waals surface area (Å²) in [7, 11) is -2.33. The van der Waals surface area contributed by atoms with Crippen LogP contribution in [0.5, 0.6) is 0 Å². The third-order valence-electron chi connectivity index (χ3n) is 3.41. The third-order valence-corrected chi connectivity index (χ3v) is 5.94. The third kappa shape index (κ3) is 4.40. The molecule has 120 valence electrons. The van der Waals surface area contributed by atoms with Crippen LogP contribution in [0.2, 0.25) is 0 Å². The van der Waals surface area contributed by atoms with Crippen LogP contribution in [-0.4, -0.2) is 40.6 Å². The van der Waals surface area contributed by atoms with E-state index in [0.717, 1.165) is 24.3 Å². The molecule has 6 nitrogen and oxygen atoms in total. The van der Waals surface area contributed by atoms with Gasteiger partial charge in [-0.05, 0) is 24.9 Å². The molecule has 0 bridgehead atoms. The average Bonchev–Trinajstić information content (AvgIpc) is 2.91. The van der Waals surface area contributed by atoms with Crippen molar-refractivity contribution in [2.75, 3.05) is 20.2 Å². The van der Waals surface area contributed by atoms with Gasteiger partial charge in [0.15, 0.2) is 0 Å². The first-order valence-electron chi connectivity index (χ1n) is 6.34. The standard InChI is InChI=1S/C12H18N2O4S2.ClH/c1-8-3-4-13-6-10(8)14-20(16,17)9-5-11(19-7-9)12(15)18-2;/h5,7-8,10,13-14H,3-4,6H2,1-2H3;1H. The van der Waals surface area contributed by atoms with Crippen molar-refractivity contribution in [3.05, 3.63) is 16.3 Å². The molecule has 2 unspecified atom stereocenters. The normalized spacial score (nSPS) is 22.4. The second kappa shape index (κ2) is 7.55. The van der Waals surface area contributed by atoms with Crippen LogP contribution in [-0.2, 0) is 14.8 Å². The van der Waals surface area contributed by atoms with Crippen molar-refractivity contribution in [3.63, 3.8) is 0 Å². The number of hydrogen-bond donors (Lipinski definition) is 2. The summed E-state index contributed by atoms with van der Waals surface area (Å²) >= 11 is 1.06. The maximum atomic E-state index is 12.3. The van der Waals surface area contributed by atoms with Gasteiger partial charge < -0.3 is 10.1 Å².